The fraction of sp³-hybridized carbons (Fsp3) is 0.625. The average molecular weight is 245 g/mol. The molecule has 0 spiro atoms. The maximum absolute atomic E-state index is 10.9. The van der Waals surface area contributed by atoms with Crippen molar-refractivity contribution in [1.82, 2.24) is 5.32 Å². The van der Waals surface area contributed by atoms with Crippen LogP contribution in [0.4, 0.5) is 0 Å². The maximum Gasteiger partial charge on any atom is 0.0897 e. The van der Waals surface area contributed by atoms with E-state index in [9.17, 15) is 5.11 Å². The van der Waals surface area contributed by atoms with Crippen molar-refractivity contribution in [2.24, 2.45) is 0 Å². The Morgan fingerprint density at radius 1 is 1.17 bits per heavy atom. The van der Waals surface area contributed by atoms with Crippen molar-refractivity contribution in [1.29, 1.82) is 0 Å². The van der Waals surface area contributed by atoms with Crippen molar-refractivity contribution >= 4 is 0 Å². The Labute approximate surface area is 109 Å². The molecule has 2 aliphatic carbocycles. The van der Waals surface area contributed by atoms with Crippen LogP contribution in [0, 0.1) is 0 Å². The van der Waals surface area contributed by atoms with Gasteiger partial charge in [0.05, 0.1) is 5.60 Å². The molecule has 0 aliphatic heterocycles. The molecule has 1 aromatic rings. The Bertz CT molecular complexity index is 433. The van der Waals surface area contributed by atoms with Crippen LogP contribution in [-0.2, 0) is 18.4 Å². The van der Waals surface area contributed by atoms with Crippen molar-refractivity contribution in [3.8, 4) is 0 Å². The minimum Gasteiger partial charge on any atom is -0.385 e. The van der Waals surface area contributed by atoms with E-state index in [1.54, 1.807) is 0 Å². The predicted octanol–water partition coefficient (Wildman–Crippen LogP) is 2.52. The third-order valence-electron chi connectivity index (χ3n) is 4.86. The van der Waals surface area contributed by atoms with Crippen LogP contribution in [0.3, 0.4) is 0 Å². The molecule has 0 amide bonds. The van der Waals surface area contributed by atoms with Crippen LogP contribution < -0.4 is 5.32 Å². The van der Waals surface area contributed by atoms with Crippen LogP contribution in [0.15, 0.2) is 18.2 Å². The van der Waals surface area contributed by atoms with Gasteiger partial charge >= 0.3 is 0 Å². The highest BCUT2D eigenvalue weighted by Crippen LogP contribution is 2.38. The van der Waals surface area contributed by atoms with E-state index in [0.717, 1.165) is 31.2 Å². The van der Waals surface area contributed by atoms with Gasteiger partial charge in [0.1, 0.15) is 0 Å². The first-order valence-electron chi connectivity index (χ1n) is 7.23. The third-order valence-corrected chi connectivity index (χ3v) is 4.86. The number of aliphatic hydroxyl groups is 1. The van der Waals surface area contributed by atoms with Crippen LogP contribution in [-0.4, -0.2) is 18.2 Å². The smallest absolute Gasteiger partial charge is 0.0897 e. The summed E-state index contributed by atoms with van der Waals surface area (Å²) >= 11 is 0. The second-order valence-electron chi connectivity index (χ2n) is 5.93. The third kappa shape index (κ3) is 2.08. The van der Waals surface area contributed by atoms with E-state index in [1.807, 2.05) is 7.05 Å². The molecule has 1 aromatic carbocycles. The van der Waals surface area contributed by atoms with Crippen LogP contribution in [0.25, 0.3) is 0 Å². The Hall–Kier alpha value is -0.860. The molecule has 2 nitrogen and oxygen atoms in total. The van der Waals surface area contributed by atoms with E-state index in [-0.39, 0.29) is 0 Å². The first-order valence-corrected chi connectivity index (χ1v) is 7.23. The first kappa shape index (κ1) is 12.2. The topological polar surface area (TPSA) is 32.3 Å². The largest absolute Gasteiger partial charge is 0.385 e. The molecule has 2 heteroatoms. The van der Waals surface area contributed by atoms with Gasteiger partial charge in [-0.1, -0.05) is 18.2 Å². The molecule has 0 atom stereocenters. The quantitative estimate of drug-likeness (QED) is 0.839. The lowest BCUT2D eigenvalue weighted by atomic mass is 9.77. The number of hydrogen-bond acceptors (Lipinski definition) is 2. The fourth-order valence-electron chi connectivity index (χ4n) is 3.53. The molecule has 0 bridgehead atoms. The minimum absolute atomic E-state index is 0.578. The highest BCUT2D eigenvalue weighted by molar-refractivity contribution is 5.37. The van der Waals surface area contributed by atoms with Gasteiger partial charge in [0.25, 0.3) is 0 Å². The highest BCUT2D eigenvalue weighted by Gasteiger charge is 2.34. The molecule has 0 unspecified atom stereocenters. The second kappa shape index (κ2) is 4.67. The molecule has 3 rings (SSSR count). The maximum atomic E-state index is 10.9. The van der Waals surface area contributed by atoms with Crippen molar-refractivity contribution in [3.05, 3.63) is 34.9 Å². The molecule has 0 radical (unpaired) electrons. The Kier molecular flexibility index (Phi) is 3.16. The Morgan fingerprint density at radius 2 is 1.89 bits per heavy atom. The lowest BCUT2D eigenvalue weighted by Crippen LogP contribution is -2.38. The van der Waals surface area contributed by atoms with Crippen molar-refractivity contribution < 1.29 is 5.11 Å². The summed E-state index contributed by atoms with van der Waals surface area (Å²) in [5.74, 6) is 0. The van der Waals surface area contributed by atoms with Crippen LogP contribution in [0.1, 0.15) is 48.8 Å². The molecule has 2 aliphatic rings. The number of nitrogens with one attached hydrogen (secondary N) is 1. The molecular weight excluding hydrogens is 222 g/mol. The number of hydrogen-bond donors (Lipinski definition) is 2. The van der Waals surface area contributed by atoms with E-state index >= 15 is 0 Å². The van der Waals surface area contributed by atoms with Crippen LogP contribution >= 0.6 is 0 Å². The van der Waals surface area contributed by atoms with Crippen LogP contribution in [0.2, 0.25) is 0 Å². The van der Waals surface area contributed by atoms with Gasteiger partial charge in [0.15, 0.2) is 0 Å². The average Bonchev–Trinajstić information content (AvgIpc) is 2.87. The van der Waals surface area contributed by atoms with Gasteiger partial charge in [0.2, 0.25) is 0 Å². The predicted molar refractivity (Wildman–Crippen MR) is 73.7 cm³/mol. The molecule has 1 saturated carbocycles. The standard InChI is InChI=1S/C16H23NO/c1-17-15-7-9-16(18,10-8-15)14-6-5-12-3-2-4-13(12)11-14/h5-6,11,15,17-18H,2-4,7-10H2,1H3. The summed E-state index contributed by atoms with van der Waals surface area (Å²) in [5, 5.41) is 14.2. The summed E-state index contributed by atoms with van der Waals surface area (Å²) in [5.41, 5.74) is 3.53. The number of rotatable bonds is 2. The molecule has 0 saturated heterocycles. The van der Waals surface area contributed by atoms with Gasteiger partial charge in [-0.15, -0.1) is 0 Å². The van der Waals surface area contributed by atoms with Gasteiger partial charge in [-0.25, -0.2) is 0 Å². The molecule has 18 heavy (non-hydrogen) atoms. The summed E-state index contributed by atoms with van der Waals surface area (Å²) < 4.78 is 0. The van der Waals surface area contributed by atoms with Gasteiger partial charge < -0.3 is 10.4 Å². The summed E-state index contributed by atoms with van der Waals surface area (Å²) in [7, 11) is 2.02. The van der Waals surface area contributed by atoms with E-state index in [1.165, 1.54) is 30.4 Å². The Morgan fingerprint density at radius 3 is 2.61 bits per heavy atom. The highest BCUT2D eigenvalue weighted by atomic mass is 16.3. The van der Waals surface area contributed by atoms with E-state index in [2.05, 4.69) is 23.5 Å². The molecule has 2 N–H and O–H groups in total. The van der Waals surface area contributed by atoms with E-state index in [0.29, 0.717) is 6.04 Å². The fourth-order valence-corrected chi connectivity index (χ4v) is 3.53. The number of benzene rings is 1. The SMILES string of the molecule is CNC1CCC(O)(c2ccc3c(c2)CCC3)CC1. The van der Waals surface area contributed by atoms with E-state index < -0.39 is 5.60 Å². The number of aryl methyl sites for hydroxylation is 2. The second-order valence-corrected chi connectivity index (χ2v) is 5.93. The van der Waals surface area contributed by atoms with Gasteiger partial charge in [-0.3, -0.25) is 0 Å². The van der Waals surface area contributed by atoms with Crippen molar-refractivity contribution in [2.75, 3.05) is 7.05 Å². The molecular formula is C16H23NO. The molecule has 1 fully saturated rings. The van der Waals surface area contributed by atoms with Crippen LogP contribution in [0.5, 0.6) is 0 Å². The molecule has 0 aromatic heterocycles. The van der Waals surface area contributed by atoms with Crippen molar-refractivity contribution in [3.63, 3.8) is 0 Å². The monoisotopic (exact) mass is 245 g/mol. The van der Waals surface area contributed by atoms with Gasteiger partial charge in [-0.2, -0.15) is 0 Å². The normalized spacial score (nSPS) is 31.3. The zero-order chi connectivity index (χ0) is 12.6. The number of fused-ring (bicyclic) bond motifs is 1. The summed E-state index contributed by atoms with van der Waals surface area (Å²) in [6.07, 6.45) is 7.61. The molecule has 98 valence electrons. The first-order chi connectivity index (χ1) is 8.71. The van der Waals surface area contributed by atoms with Gasteiger partial charge in [-0.05, 0) is 68.7 Å². The minimum atomic E-state index is -0.578. The summed E-state index contributed by atoms with van der Waals surface area (Å²) in [6, 6.07) is 7.24. The van der Waals surface area contributed by atoms with Gasteiger partial charge in [0, 0.05) is 6.04 Å². The lowest BCUT2D eigenvalue weighted by Gasteiger charge is -2.36. The Balaban J connectivity index is 1.82. The van der Waals surface area contributed by atoms with E-state index in [4.69, 9.17) is 0 Å². The summed E-state index contributed by atoms with van der Waals surface area (Å²) in [6.45, 7) is 0. The zero-order valence-electron chi connectivity index (χ0n) is 11.2. The lowest BCUT2D eigenvalue weighted by molar-refractivity contribution is -0.00768. The summed E-state index contributed by atoms with van der Waals surface area (Å²) in [4.78, 5) is 0. The zero-order valence-corrected chi connectivity index (χ0v) is 11.2. The molecule has 0 heterocycles. The van der Waals surface area contributed by atoms with Crippen molar-refractivity contribution in [2.45, 2.75) is 56.6 Å².